The number of thioether (sulfide) groups is 1. The minimum atomic E-state index is 0.416. The second-order valence-corrected chi connectivity index (χ2v) is 5.49. The van der Waals surface area contributed by atoms with Crippen molar-refractivity contribution in [3.05, 3.63) is 42.0 Å². The fourth-order valence-corrected chi connectivity index (χ4v) is 2.80. The summed E-state index contributed by atoms with van der Waals surface area (Å²) in [5.41, 5.74) is 2.58. The molecule has 0 aliphatic rings. The van der Waals surface area contributed by atoms with Crippen LogP contribution >= 0.6 is 11.8 Å². The molecule has 2 heteroatoms. The van der Waals surface area contributed by atoms with Crippen LogP contribution in [0.1, 0.15) is 25.8 Å². The summed E-state index contributed by atoms with van der Waals surface area (Å²) in [5, 5.41) is 3.54. The lowest BCUT2D eigenvalue weighted by molar-refractivity contribution is 0.609. The van der Waals surface area contributed by atoms with Crippen LogP contribution in [0.25, 0.3) is 0 Å². The number of nitrogens with one attached hydrogen (secondary N) is 1. The maximum Gasteiger partial charge on any atom is 0.0369 e. The van der Waals surface area contributed by atoms with Crippen molar-refractivity contribution in [2.24, 2.45) is 0 Å². The van der Waals surface area contributed by atoms with Gasteiger partial charge in [-0.25, -0.2) is 0 Å². The van der Waals surface area contributed by atoms with Gasteiger partial charge in [0.15, 0.2) is 0 Å². The molecule has 1 atom stereocenters. The predicted octanol–water partition coefficient (Wildman–Crippen LogP) is 4.03. The van der Waals surface area contributed by atoms with E-state index in [9.17, 15) is 0 Å². The summed E-state index contributed by atoms with van der Waals surface area (Å²) in [6.07, 6.45) is 1.17. The zero-order chi connectivity index (χ0) is 12.7. The normalized spacial score (nSPS) is 12.4. The average molecular weight is 249 g/mol. The molecule has 1 nitrogen and oxygen atoms in total. The van der Waals surface area contributed by atoms with E-state index in [1.54, 1.807) is 0 Å². The SMILES string of the molecule is C=C(C)C(CSc1ccccc1C)NCCC. The second-order valence-electron chi connectivity index (χ2n) is 4.43. The largest absolute Gasteiger partial charge is 0.310 e. The molecule has 0 fully saturated rings. The molecule has 1 rings (SSSR count). The summed E-state index contributed by atoms with van der Waals surface area (Å²) in [4.78, 5) is 1.37. The number of aryl methyl sites for hydroxylation is 1. The molecule has 17 heavy (non-hydrogen) atoms. The van der Waals surface area contributed by atoms with Crippen LogP contribution in [0.2, 0.25) is 0 Å². The highest BCUT2D eigenvalue weighted by molar-refractivity contribution is 7.99. The predicted molar refractivity (Wildman–Crippen MR) is 78.8 cm³/mol. The monoisotopic (exact) mass is 249 g/mol. The third-order valence-corrected chi connectivity index (χ3v) is 4.00. The molecule has 0 aliphatic carbocycles. The summed E-state index contributed by atoms with van der Waals surface area (Å²) >= 11 is 1.91. The zero-order valence-electron chi connectivity index (χ0n) is 11.1. The van der Waals surface area contributed by atoms with Crippen molar-refractivity contribution < 1.29 is 0 Å². The van der Waals surface area contributed by atoms with Gasteiger partial charge in [-0.2, -0.15) is 0 Å². The fourth-order valence-electron chi connectivity index (χ4n) is 1.59. The molecule has 1 aromatic rings. The molecule has 0 saturated heterocycles. The Morgan fingerprint density at radius 3 is 2.71 bits per heavy atom. The Labute approximate surface area is 110 Å². The highest BCUT2D eigenvalue weighted by atomic mass is 32.2. The van der Waals surface area contributed by atoms with Gasteiger partial charge < -0.3 is 5.32 Å². The second kappa shape index (κ2) is 7.57. The highest BCUT2D eigenvalue weighted by Crippen LogP contribution is 2.23. The van der Waals surface area contributed by atoms with E-state index in [2.05, 4.69) is 56.9 Å². The van der Waals surface area contributed by atoms with Gasteiger partial charge >= 0.3 is 0 Å². The first-order valence-electron chi connectivity index (χ1n) is 6.22. The molecule has 0 aromatic heterocycles. The topological polar surface area (TPSA) is 12.0 Å². The van der Waals surface area contributed by atoms with Gasteiger partial charge in [0.25, 0.3) is 0 Å². The van der Waals surface area contributed by atoms with Gasteiger partial charge in [-0.3, -0.25) is 0 Å². The van der Waals surface area contributed by atoms with E-state index in [0.717, 1.165) is 12.3 Å². The van der Waals surface area contributed by atoms with E-state index in [1.807, 2.05) is 11.8 Å². The Kier molecular flexibility index (Phi) is 6.38. The Balaban J connectivity index is 2.52. The first-order chi connectivity index (χ1) is 8.15. The molecule has 0 bridgehead atoms. The molecule has 94 valence electrons. The van der Waals surface area contributed by atoms with Crippen molar-refractivity contribution in [1.82, 2.24) is 5.32 Å². The summed E-state index contributed by atoms with van der Waals surface area (Å²) < 4.78 is 0. The molecule has 0 heterocycles. The van der Waals surface area contributed by atoms with Crippen LogP contribution in [0.3, 0.4) is 0 Å². The molecular formula is C15H23NS. The van der Waals surface area contributed by atoms with Gasteiger partial charge in [0.05, 0.1) is 0 Å². The van der Waals surface area contributed by atoms with Crippen LogP contribution < -0.4 is 5.32 Å². The number of benzene rings is 1. The van der Waals surface area contributed by atoms with Crippen LogP contribution in [0.5, 0.6) is 0 Å². The molecule has 1 N–H and O–H groups in total. The van der Waals surface area contributed by atoms with E-state index in [-0.39, 0.29) is 0 Å². The Morgan fingerprint density at radius 1 is 1.41 bits per heavy atom. The van der Waals surface area contributed by atoms with Crippen LogP contribution in [0.4, 0.5) is 0 Å². The maximum absolute atomic E-state index is 4.07. The first kappa shape index (κ1) is 14.3. The molecule has 0 radical (unpaired) electrons. The van der Waals surface area contributed by atoms with Crippen molar-refractivity contribution in [2.45, 2.75) is 38.1 Å². The molecule has 1 aromatic carbocycles. The molecule has 0 aliphatic heterocycles. The lowest BCUT2D eigenvalue weighted by Crippen LogP contribution is -2.32. The number of rotatable bonds is 7. The Bertz CT molecular complexity index is 360. The fraction of sp³-hybridized carbons (Fsp3) is 0.467. The van der Waals surface area contributed by atoms with Gasteiger partial charge in [0.1, 0.15) is 0 Å². The van der Waals surface area contributed by atoms with Gasteiger partial charge in [0, 0.05) is 16.7 Å². The maximum atomic E-state index is 4.07. The van der Waals surface area contributed by atoms with Gasteiger partial charge in [0.2, 0.25) is 0 Å². The van der Waals surface area contributed by atoms with Gasteiger partial charge in [-0.05, 0) is 38.4 Å². The smallest absolute Gasteiger partial charge is 0.0369 e. The minimum Gasteiger partial charge on any atom is -0.310 e. The van der Waals surface area contributed by atoms with E-state index < -0.39 is 0 Å². The van der Waals surface area contributed by atoms with Crippen molar-refractivity contribution in [1.29, 1.82) is 0 Å². The average Bonchev–Trinajstić information content (AvgIpc) is 2.31. The lowest BCUT2D eigenvalue weighted by atomic mass is 10.2. The molecule has 0 spiro atoms. The third-order valence-electron chi connectivity index (χ3n) is 2.73. The highest BCUT2D eigenvalue weighted by Gasteiger charge is 2.09. The summed E-state index contributed by atoms with van der Waals surface area (Å²) in [5.74, 6) is 1.06. The number of hydrogen-bond acceptors (Lipinski definition) is 2. The van der Waals surface area contributed by atoms with Gasteiger partial charge in [-0.1, -0.05) is 37.3 Å². The van der Waals surface area contributed by atoms with Crippen LogP contribution in [-0.2, 0) is 0 Å². The standard InChI is InChI=1S/C15H23NS/c1-5-10-16-14(12(2)3)11-17-15-9-7-6-8-13(15)4/h6-9,14,16H,2,5,10-11H2,1,3-4H3. The zero-order valence-corrected chi connectivity index (χ0v) is 11.9. The molecular weight excluding hydrogens is 226 g/mol. The van der Waals surface area contributed by atoms with Crippen molar-refractivity contribution in [3.8, 4) is 0 Å². The van der Waals surface area contributed by atoms with E-state index in [4.69, 9.17) is 0 Å². The van der Waals surface area contributed by atoms with Crippen molar-refractivity contribution in [2.75, 3.05) is 12.3 Å². The van der Waals surface area contributed by atoms with E-state index in [0.29, 0.717) is 6.04 Å². The molecule has 0 amide bonds. The summed E-state index contributed by atoms with van der Waals surface area (Å²) in [6, 6.07) is 8.96. The van der Waals surface area contributed by atoms with Crippen LogP contribution in [0, 0.1) is 6.92 Å². The first-order valence-corrected chi connectivity index (χ1v) is 7.21. The van der Waals surface area contributed by atoms with Crippen molar-refractivity contribution in [3.63, 3.8) is 0 Å². The Hall–Kier alpha value is -0.730. The van der Waals surface area contributed by atoms with E-state index >= 15 is 0 Å². The number of hydrogen-bond donors (Lipinski definition) is 1. The van der Waals surface area contributed by atoms with Crippen LogP contribution in [-0.4, -0.2) is 18.3 Å². The molecule has 0 saturated carbocycles. The molecule has 1 unspecified atom stereocenters. The van der Waals surface area contributed by atoms with Crippen LogP contribution in [0.15, 0.2) is 41.3 Å². The third kappa shape index (κ3) is 4.97. The lowest BCUT2D eigenvalue weighted by Gasteiger charge is -2.18. The quantitative estimate of drug-likeness (QED) is 0.578. The summed E-state index contributed by atoms with van der Waals surface area (Å²) in [7, 11) is 0. The van der Waals surface area contributed by atoms with E-state index in [1.165, 1.54) is 22.5 Å². The van der Waals surface area contributed by atoms with Crippen molar-refractivity contribution >= 4 is 11.8 Å². The Morgan fingerprint density at radius 2 is 2.12 bits per heavy atom. The van der Waals surface area contributed by atoms with Gasteiger partial charge in [-0.15, -0.1) is 11.8 Å². The minimum absolute atomic E-state index is 0.416. The summed E-state index contributed by atoms with van der Waals surface area (Å²) in [6.45, 7) is 11.6.